The lowest BCUT2D eigenvalue weighted by atomic mass is 10.2. The highest BCUT2D eigenvalue weighted by Crippen LogP contribution is 2.37. The summed E-state index contributed by atoms with van der Waals surface area (Å²) in [6.07, 6.45) is 0. The van der Waals surface area contributed by atoms with Crippen molar-refractivity contribution in [3.8, 4) is 0 Å². The first-order chi connectivity index (χ1) is 9.71. The van der Waals surface area contributed by atoms with Gasteiger partial charge < -0.3 is 9.74 Å². The number of hydrogen-bond donors (Lipinski definition) is 1. The van der Waals surface area contributed by atoms with E-state index in [-0.39, 0.29) is 10.1 Å². The molecule has 0 rings (SSSR count). The summed E-state index contributed by atoms with van der Waals surface area (Å²) in [6.45, 7) is 25.3. The number of hydrogen-bond acceptors (Lipinski definition) is 4. The quantitative estimate of drug-likeness (QED) is 0.287. The van der Waals surface area contributed by atoms with Gasteiger partial charge in [-0.2, -0.15) is 0 Å². The van der Waals surface area contributed by atoms with E-state index in [1.54, 1.807) is 0 Å². The van der Waals surface area contributed by atoms with Crippen molar-refractivity contribution in [3.63, 3.8) is 0 Å². The smallest absolute Gasteiger partial charge is 0.238 e. The summed E-state index contributed by atoms with van der Waals surface area (Å²) in [6, 6.07) is 0. The summed E-state index contributed by atoms with van der Waals surface area (Å²) in [5.41, 5.74) is 0. The molecule has 0 aromatic heterocycles. The van der Waals surface area contributed by atoms with E-state index in [0.717, 1.165) is 19.7 Å². The summed E-state index contributed by atoms with van der Waals surface area (Å²) in [5, 5.41) is 3.79. The molecule has 22 heavy (non-hydrogen) atoms. The molecule has 1 N–H and O–H groups in total. The van der Waals surface area contributed by atoms with Gasteiger partial charge in [-0.15, -0.1) is 0 Å². The molecule has 0 saturated carbocycles. The molecule has 0 aromatic carbocycles. The van der Waals surface area contributed by atoms with Crippen molar-refractivity contribution in [2.24, 2.45) is 0 Å². The molecule has 0 aliphatic rings. The van der Waals surface area contributed by atoms with Gasteiger partial charge in [0, 0.05) is 19.7 Å². The van der Waals surface area contributed by atoms with E-state index in [9.17, 15) is 0 Å². The third kappa shape index (κ3) is 7.70. The molecule has 0 unspecified atom stereocenters. The van der Waals surface area contributed by atoms with E-state index < -0.39 is 16.6 Å². The van der Waals surface area contributed by atoms with Gasteiger partial charge >= 0.3 is 0 Å². The maximum Gasteiger partial charge on any atom is 0.238 e. The van der Waals surface area contributed by atoms with Gasteiger partial charge in [0.15, 0.2) is 8.32 Å². The summed E-state index contributed by atoms with van der Waals surface area (Å²) < 4.78 is 11.8. The van der Waals surface area contributed by atoms with Gasteiger partial charge in [0.05, 0.1) is 6.61 Å². The molecular weight excluding hydrogens is 310 g/mol. The van der Waals surface area contributed by atoms with Crippen LogP contribution >= 0.6 is 0 Å². The second kappa shape index (κ2) is 8.39. The van der Waals surface area contributed by atoms with Crippen LogP contribution in [0.2, 0.25) is 36.3 Å². The Morgan fingerprint density at radius 1 is 0.727 bits per heavy atom. The Morgan fingerprint density at radius 2 is 1.18 bits per heavy atom. The molecule has 0 atom stereocenters. The van der Waals surface area contributed by atoms with Gasteiger partial charge in [-0.05, 0) is 36.3 Å². The van der Waals surface area contributed by atoms with Crippen molar-refractivity contribution in [3.05, 3.63) is 0 Å². The largest absolute Gasteiger partial charge is 0.416 e. The molecule has 0 aliphatic carbocycles. The number of nitrogens with one attached hydrogen (secondary N) is 1. The molecule has 0 heterocycles. The van der Waals surface area contributed by atoms with Crippen molar-refractivity contribution in [1.82, 2.24) is 5.32 Å². The fourth-order valence-electron chi connectivity index (χ4n) is 1.15. The van der Waals surface area contributed by atoms with Crippen LogP contribution in [0.25, 0.3) is 0 Å². The van der Waals surface area contributed by atoms with Crippen molar-refractivity contribution < 1.29 is 13.9 Å². The highest BCUT2D eigenvalue weighted by Gasteiger charge is 2.39. The van der Waals surface area contributed by atoms with Gasteiger partial charge in [0.2, 0.25) is 8.32 Å². The van der Waals surface area contributed by atoms with Crippen LogP contribution in [-0.4, -0.2) is 42.9 Å². The zero-order valence-corrected chi connectivity index (χ0v) is 18.6. The minimum absolute atomic E-state index is 0.178. The van der Waals surface area contributed by atoms with Crippen molar-refractivity contribution in [2.75, 3.05) is 26.3 Å². The molecule has 0 bridgehead atoms. The molecule has 0 aromatic rings. The Labute approximate surface area is 140 Å². The van der Waals surface area contributed by atoms with Crippen LogP contribution in [0.4, 0.5) is 0 Å². The van der Waals surface area contributed by atoms with Crippen LogP contribution in [0.3, 0.4) is 0 Å². The molecule has 0 amide bonds. The zero-order chi connectivity index (χ0) is 17.7. The zero-order valence-electron chi connectivity index (χ0n) is 16.6. The molecule has 0 aliphatic heterocycles. The standard InChI is InChI=1S/C16H39NO3Si2/c1-15(2,3)21(7,8)19-14-12-17-11-13-18-20-22(9,10)16(4,5)6/h17H,11-14H2,1-10H3. The van der Waals surface area contributed by atoms with Gasteiger partial charge in [-0.1, -0.05) is 41.5 Å². The van der Waals surface area contributed by atoms with E-state index in [1.165, 1.54) is 0 Å². The highest BCUT2D eigenvalue weighted by atomic mass is 28.4. The normalized spacial score (nSPS) is 14.5. The molecule has 0 fully saturated rings. The average molecular weight is 350 g/mol. The van der Waals surface area contributed by atoms with Crippen LogP contribution in [0, 0.1) is 0 Å². The van der Waals surface area contributed by atoms with E-state index in [0.29, 0.717) is 6.61 Å². The monoisotopic (exact) mass is 349 g/mol. The second-order valence-corrected chi connectivity index (χ2v) is 18.5. The fourth-order valence-corrected chi connectivity index (χ4v) is 2.82. The summed E-state index contributed by atoms with van der Waals surface area (Å²) in [7, 11) is -3.41. The Hall–Kier alpha value is 0.274. The van der Waals surface area contributed by atoms with Gasteiger partial charge in [-0.25, -0.2) is 4.89 Å². The van der Waals surface area contributed by atoms with Crippen molar-refractivity contribution in [1.29, 1.82) is 0 Å². The van der Waals surface area contributed by atoms with Gasteiger partial charge in [0.25, 0.3) is 0 Å². The topological polar surface area (TPSA) is 39.7 Å². The molecule has 4 nitrogen and oxygen atoms in total. The lowest BCUT2D eigenvalue weighted by Crippen LogP contribution is -2.42. The highest BCUT2D eigenvalue weighted by molar-refractivity contribution is 6.74. The lowest BCUT2D eigenvalue weighted by Gasteiger charge is -2.36. The number of rotatable bonds is 9. The van der Waals surface area contributed by atoms with Crippen molar-refractivity contribution in [2.45, 2.75) is 77.8 Å². The van der Waals surface area contributed by atoms with Crippen LogP contribution < -0.4 is 5.32 Å². The maximum absolute atomic E-state index is 6.11. The van der Waals surface area contributed by atoms with Crippen molar-refractivity contribution >= 4 is 16.6 Å². The van der Waals surface area contributed by atoms with E-state index in [2.05, 4.69) is 73.0 Å². The minimum Gasteiger partial charge on any atom is -0.416 e. The second-order valence-electron chi connectivity index (χ2n) is 9.02. The first kappa shape index (κ1) is 22.3. The van der Waals surface area contributed by atoms with E-state index in [4.69, 9.17) is 13.9 Å². The predicted molar refractivity (Wildman–Crippen MR) is 100 cm³/mol. The van der Waals surface area contributed by atoms with Crippen LogP contribution in [0.15, 0.2) is 0 Å². The predicted octanol–water partition coefficient (Wildman–Crippen LogP) is 4.55. The van der Waals surface area contributed by atoms with Crippen LogP contribution in [0.5, 0.6) is 0 Å². The maximum atomic E-state index is 6.11. The Morgan fingerprint density at radius 3 is 1.64 bits per heavy atom. The minimum atomic E-state index is -1.80. The van der Waals surface area contributed by atoms with Gasteiger partial charge in [-0.3, -0.25) is 4.58 Å². The van der Waals surface area contributed by atoms with Crippen LogP contribution in [0.1, 0.15) is 41.5 Å². The average Bonchev–Trinajstić information content (AvgIpc) is 2.29. The van der Waals surface area contributed by atoms with Gasteiger partial charge in [0.1, 0.15) is 0 Å². The molecule has 134 valence electrons. The molecule has 0 radical (unpaired) electrons. The molecule has 6 heteroatoms. The fraction of sp³-hybridized carbons (Fsp3) is 1.00. The Kier molecular flexibility index (Phi) is 8.50. The third-order valence-electron chi connectivity index (χ3n) is 4.98. The molecule has 0 saturated heterocycles. The Bertz CT molecular complexity index is 288. The summed E-state index contributed by atoms with van der Waals surface area (Å²) in [4.78, 5) is 5.39. The third-order valence-corrected chi connectivity index (χ3v) is 13.7. The summed E-state index contributed by atoms with van der Waals surface area (Å²) >= 11 is 0. The lowest BCUT2D eigenvalue weighted by molar-refractivity contribution is -0.219. The summed E-state index contributed by atoms with van der Waals surface area (Å²) in [5.74, 6) is 0. The first-order valence-corrected chi connectivity index (χ1v) is 14.2. The van der Waals surface area contributed by atoms with E-state index >= 15 is 0 Å². The molecule has 0 spiro atoms. The Balaban J connectivity index is 3.73. The first-order valence-electron chi connectivity index (χ1n) is 8.36. The van der Waals surface area contributed by atoms with E-state index in [1.807, 2.05) is 0 Å². The molecular formula is C16H39NO3Si2. The van der Waals surface area contributed by atoms with Crippen LogP contribution in [-0.2, 0) is 13.9 Å². The SMILES string of the molecule is CC(C)(C)[Si](C)(C)OCCNCCOO[Si](C)(C)C(C)(C)C.